The summed E-state index contributed by atoms with van der Waals surface area (Å²) in [5, 5.41) is 2.63. The van der Waals surface area contributed by atoms with E-state index in [1.807, 2.05) is 25.2 Å². The number of esters is 1. The van der Waals surface area contributed by atoms with Gasteiger partial charge in [0, 0.05) is 13.1 Å². The Kier molecular flexibility index (Phi) is 5.83. The van der Waals surface area contributed by atoms with Gasteiger partial charge < -0.3 is 19.7 Å². The van der Waals surface area contributed by atoms with Gasteiger partial charge in [0.1, 0.15) is 11.7 Å². The lowest BCUT2D eigenvalue weighted by Gasteiger charge is -2.24. The number of carbonyl (C=O) groups excluding carboxylic acids is 2. The van der Waals surface area contributed by atoms with Crippen LogP contribution in [0.3, 0.4) is 0 Å². The van der Waals surface area contributed by atoms with Crippen molar-refractivity contribution in [2.24, 2.45) is 0 Å². The second kappa shape index (κ2) is 7.66. The molecule has 6 heteroatoms. The predicted octanol–water partition coefficient (Wildman–Crippen LogP) is 2.50. The summed E-state index contributed by atoms with van der Waals surface area (Å²) in [5.41, 5.74) is 0.0309. The SMILES string of the molecule is CN1CC[C@H](OC(=O)C(NC(=O)OC(C)(C)C)c2ccccc2)C1. The lowest BCUT2D eigenvalue weighted by molar-refractivity contribution is -0.151. The van der Waals surface area contributed by atoms with Crippen molar-refractivity contribution < 1.29 is 19.1 Å². The lowest BCUT2D eigenvalue weighted by atomic mass is 10.1. The second-order valence-electron chi connectivity index (χ2n) is 7.10. The number of alkyl carbamates (subject to hydrolysis) is 1. The molecule has 1 unspecified atom stereocenters. The zero-order valence-corrected chi connectivity index (χ0v) is 14.7. The number of likely N-dealkylation sites (tertiary alicyclic amines) is 1. The van der Waals surface area contributed by atoms with E-state index < -0.39 is 23.7 Å². The highest BCUT2D eigenvalue weighted by molar-refractivity contribution is 5.83. The molecule has 1 aliphatic rings. The van der Waals surface area contributed by atoms with Crippen LogP contribution < -0.4 is 5.32 Å². The van der Waals surface area contributed by atoms with Crippen LogP contribution in [0.15, 0.2) is 30.3 Å². The number of rotatable bonds is 4. The van der Waals surface area contributed by atoms with Gasteiger partial charge >= 0.3 is 12.1 Å². The Morgan fingerprint density at radius 1 is 1.25 bits per heavy atom. The van der Waals surface area contributed by atoms with Crippen LogP contribution in [0, 0.1) is 0 Å². The fraction of sp³-hybridized carbons (Fsp3) is 0.556. The Morgan fingerprint density at radius 2 is 1.92 bits per heavy atom. The van der Waals surface area contributed by atoms with E-state index in [4.69, 9.17) is 9.47 Å². The zero-order chi connectivity index (χ0) is 17.7. The molecule has 0 radical (unpaired) electrons. The molecule has 2 rings (SSSR count). The van der Waals surface area contributed by atoms with Gasteiger partial charge in [-0.15, -0.1) is 0 Å². The van der Waals surface area contributed by atoms with Gasteiger partial charge in [0.25, 0.3) is 0 Å². The molecular formula is C18H26N2O4. The molecule has 1 heterocycles. The first-order valence-corrected chi connectivity index (χ1v) is 8.18. The summed E-state index contributed by atoms with van der Waals surface area (Å²) in [4.78, 5) is 26.8. The van der Waals surface area contributed by atoms with E-state index in [9.17, 15) is 9.59 Å². The van der Waals surface area contributed by atoms with Crippen LogP contribution in [0.2, 0.25) is 0 Å². The molecule has 0 saturated carbocycles. The first-order chi connectivity index (χ1) is 11.2. The van der Waals surface area contributed by atoms with Gasteiger partial charge in [0.05, 0.1) is 0 Å². The number of hydrogen-bond donors (Lipinski definition) is 1. The number of benzene rings is 1. The molecule has 1 aromatic rings. The molecule has 2 atom stereocenters. The van der Waals surface area contributed by atoms with Crippen LogP contribution in [-0.4, -0.2) is 48.8 Å². The van der Waals surface area contributed by atoms with E-state index in [0.717, 1.165) is 13.0 Å². The monoisotopic (exact) mass is 334 g/mol. The average Bonchev–Trinajstić information content (AvgIpc) is 2.89. The highest BCUT2D eigenvalue weighted by Gasteiger charge is 2.30. The van der Waals surface area contributed by atoms with Gasteiger partial charge in [0.2, 0.25) is 0 Å². The first kappa shape index (κ1) is 18.3. The molecular weight excluding hydrogens is 308 g/mol. The minimum Gasteiger partial charge on any atom is -0.459 e. The third-order valence-electron chi connectivity index (χ3n) is 3.66. The maximum Gasteiger partial charge on any atom is 0.408 e. The Balaban J connectivity index is 2.08. The van der Waals surface area contributed by atoms with Crippen molar-refractivity contribution in [1.29, 1.82) is 0 Å². The minimum absolute atomic E-state index is 0.144. The quantitative estimate of drug-likeness (QED) is 0.857. The van der Waals surface area contributed by atoms with Crippen LogP contribution >= 0.6 is 0 Å². The number of carbonyl (C=O) groups is 2. The molecule has 0 aliphatic carbocycles. The van der Waals surface area contributed by atoms with Crippen molar-refractivity contribution in [3.05, 3.63) is 35.9 Å². The summed E-state index contributed by atoms with van der Waals surface area (Å²) in [6.45, 7) is 6.93. The normalized spacial score (nSPS) is 19.6. The fourth-order valence-electron chi connectivity index (χ4n) is 2.57. The summed E-state index contributed by atoms with van der Waals surface area (Å²) >= 11 is 0. The van der Waals surface area contributed by atoms with Gasteiger partial charge in [-0.1, -0.05) is 30.3 Å². The zero-order valence-electron chi connectivity index (χ0n) is 14.7. The molecule has 1 N–H and O–H groups in total. The molecule has 0 bridgehead atoms. The largest absolute Gasteiger partial charge is 0.459 e. The van der Waals surface area contributed by atoms with Gasteiger partial charge in [-0.3, -0.25) is 0 Å². The predicted molar refractivity (Wildman–Crippen MR) is 90.5 cm³/mol. The van der Waals surface area contributed by atoms with Crippen molar-refractivity contribution >= 4 is 12.1 Å². The Hall–Kier alpha value is -2.08. The molecule has 24 heavy (non-hydrogen) atoms. The Bertz CT molecular complexity index is 568. The third kappa shape index (κ3) is 5.53. The minimum atomic E-state index is -0.882. The van der Waals surface area contributed by atoms with Gasteiger partial charge in [-0.05, 0) is 39.8 Å². The number of likely N-dealkylation sites (N-methyl/N-ethyl adjacent to an activating group) is 1. The van der Waals surface area contributed by atoms with E-state index in [1.54, 1.807) is 32.9 Å². The molecule has 1 saturated heterocycles. The van der Waals surface area contributed by atoms with Gasteiger partial charge in [-0.25, -0.2) is 9.59 Å². The Morgan fingerprint density at radius 3 is 2.46 bits per heavy atom. The topological polar surface area (TPSA) is 67.9 Å². The summed E-state index contributed by atoms with van der Waals surface area (Å²) < 4.78 is 10.8. The van der Waals surface area contributed by atoms with Gasteiger partial charge in [-0.2, -0.15) is 0 Å². The first-order valence-electron chi connectivity index (χ1n) is 8.18. The summed E-state index contributed by atoms with van der Waals surface area (Å²) in [6.07, 6.45) is 0.0157. The number of hydrogen-bond acceptors (Lipinski definition) is 5. The number of ether oxygens (including phenoxy) is 2. The van der Waals surface area contributed by atoms with E-state index in [1.165, 1.54) is 0 Å². The van der Waals surface area contributed by atoms with Crippen molar-refractivity contribution in [2.75, 3.05) is 20.1 Å². The van der Waals surface area contributed by atoms with E-state index in [0.29, 0.717) is 12.1 Å². The number of nitrogens with one attached hydrogen (secondary N) is 1. The van der Waals surface area contributed by atoms with Crippen molar-refractivity contribution in [3.8, 4) is 0 Å². The highest BCUT2D eigenvalue weighted by Crippen LogP contribution is 2.19. The smallest absolute Gasteiger partial charge is 0.408 e. The molecule has 1 aliphatic heterocycles. The third-order valence-corrected chi connectivity index (χ3v) is 3.66. The number of nitrogens with zero attached hydrogens (tertiary/aromatic N) is 1. The van der Waals surface area contributed by atoms with E-state index in [-0.39, 0.29) is 6.10 Å². The standard InChI is InChI=1S/C18H26N2O4/c1-18(2,3)24-17(22)19-15(13-8-6-5-7-9-13)16(21)23-14-10-11-20(4)12-14/h5-9,14-15H,10-12H2,1-4H3,(H,19,22)/t14-,15?/m0/s1. The molecule has 0 aromatic heterocycles. The van der Waals surface area contributed by atoms with Gasteiger partial charge in [0.15, 0.2) is 6.04 Å². The summed E-state index contributed by atoms with van der Waals surface area (Å²) in [5.74, 6) is -0.465. The van der Waals surface area contributed by atoms with Crippen molar-refractivity contribution in [3.63, 3.8) is 0 Å². The van der Waals surface area contributed by atoms with Crippen molar-refractivity contribution in [2.45, 2.75) is 44.9 Å². The molecule has 1 amide bonds. The average molecular weight is 334 g/mol. The van der Waals surface area contributed by atoms with Crippen LogP contribution in [0.5, 0.6) is 0 Å². The molecule has 1 aromatic carbocycles. The Labute approximate surface area is 143 Å². The van der Waals surface area contributed by atoms with Crippen molar-refractivity contribution in [1.82, 2.24) is 10.2 Å². The maximum atomic E-state index is 12.6. The maximum absolute atomic E-state index is 12.6. The molecule has 0 spiro atoms. The molecule has 1 fully saturated rings. The fourth-order valence-corrected chi connectivity index (χ4v) is 2.57. The second-order valence-corrected chi connectivity index (χ2v) is 7.10. The van der Waals surface area contributed by atoms with Crippen LogP contribution in [-0.2, 0) is 14.3 Å². The summed E-state index contributed by atoms with van der Waals surface area (Å²) in [6, 6.07) is 8.16. The molecule has 6 nitrogen and oxygen atoms in total. The van der Waals surface area contributed by atoms with Crippen LogP contribution in [0.25, 0.3) is 0 Å². The molecule has 132 valence electrons. The van der Waals surface area contributed by atoms with E-state index in [2.05, 4.69) is 10.2 Å². The van der Waals surface area contributed by atoms with Crippen LogP contribution in [0.1, 0.15) is 38.8 Å². The van der Waals surface area contributed by atoms with E-state index >= 15 is 0 Å². The number of amides is 1. The highest BCUT2D eigenvalue weighted by atomic mass is 16.6. The van der Waals surface area contributed by atoms with Crippen LogP contribution in [0.4, 0.5) is 4.79 Å². The summed E-state index contributed by atoms with van der Waals surface area (Å²) in [7, 11) is 1.99. The lowest BCUT2D eigenvalue weighted by Crippen LogP contribution is -2.40.